The van der Waals surface area contributed by atoms with E-state index in [0.717, 1.165) is 94.0 Å². The standard InChI is InChI=1S/C20H20P.C15H26NO.C13H17NO6.C12H17NO3.C12H20NO2.C8H20N.C8H14O6.C5H14N.2C2HF3O2.2BrH.HI/c1-2-21(18-12-6-3-7-13-18,19-14-8-4-9-15-19)20-16-10-5-11-17-20;1-5-16(6-2,7-3)12-14-8-10-15(11-9-14)13-17-4;1-19-5-3-2-4-6-20-9-7-10(12(15)16)14-11(8-9)13(17)18;1-16-10-2-7-13-8-5-11(6-9-13)3-4-12(14)15;1-15-11-5-9-13-8-3-2-6-12(13)7-4-10-14;1-5-9(6-2,7-3)8-4;1-13-4-5-14-3-2-6(7(9)10)8(11)12;1-5-6(2,3)4;2*3-2(4,5)1(6)7;;;/h3-17H,2H2,1H3;8-11H,5-7,12-13H2,1-4H3;7-8H,2-6H2,1H3,(H,15,16)(H,17,18);5-6,8-9H,2-4,7,10H2,1H3;2-3,6,8,14H,4-5,7,9-11H2,1H3;5-8H2,1-4H3;6H,2-5H2,1H3,(H,9,10)(H,11,12);5H2,1-4H3;2*(H,6,7);3*1H/q2*+1;;;2*+1;;+1;;;;;/p-3. The van der Waals surface area contributed by atoms with Crippen LogP contribution in [0.5, 0.6) is 5.75 Å². The molecule has 3 aromatic heterocycles. The fraction of sp³-hybridized carbons (Fsp3) is 0.526. The Bertz CT molecular complexity index is 4010. The lowest BCUT2D eigenvalue weighted by Gasteiger charge is -2.35. The second kappa shape index (κ2) is 80.6. The summed E-state index contributed by atoms with van der Waals surface area (Å²) in [6.45, 7) is 37.8. The highest BCUT2D eigenvalue weighted by atomic mass is 127. The summed E-state index contributed by atoms with van der Waals surface area (Å²) in [5, 5.41) is 72.3. The Morgan fingerprint density at radius 2 is 0.859 bits per heavy atom. The Labute approximate surface area is 834 Å². The Morgan fingerprint density at radius 1 is 0.459 bits per heavy atom. The van der Waals surface area contributed by atoms with Gasteiger partial charge in [-0.1, -0.05) is 84.9 Å². The van der Waals surface area contributed by atoms with Gasteiger partial charge < -0.3 is 150 Å². The molecule has 135 heavy (non-hydrogen) atoms. The smallest absolute Gasteiger partial charge is 0.490 e. The maximum Gasteiger partial charge on any atom is 0.490 e. The third-order valence-corrected chi connectivity index (χ3v) is 25.3. The molecule has 0 bridgehead atoms. The highest BCUT2D eigenvalue weighted by Gasteiger charge is 2.43. The van der Waals surface area contributed by atoms with E-state index in [-0.39, 0.29) is 101 Å². The second-order valence-electron chi connectivity index (χ2n) is 30.6. The highest BCUT2D eigenvalue weighted by molar-refractivity contribution is 7.95. The van der Waals surface area contributed by atoms with Crippen LogP contribution in [0.3, 0.4) is 0 Å². The van der Waals surface area contributed by atoms with Gasteiger partial charge in [-0.05, 0) is 148 Å². The summed E-state index contributed by atoms with van der Waals surface area (Å²) in [5.74, 6) is -13.0. The van der Waals surface area contributed by atoms with Crippen molar-refractivity contribution in [2.75, 3.05) is 168 Å². The number of aryl methyl sites for hydroxylation is 4. The first-order valence-electron chi connectivity index (χ1n) is 44.1. The summed E-state index contributed by atoms with van der Waals surface area (Å²) in [6.07, 6.45) is 4.03. The van der Waals surface area contributed by atoms with E-state index >= 15 is 0 Å². The number of aromatic nitrogens is 3. The molecular formula is C97H150Br2F6IN6O22P+2. The van der Waals surface area contributed by atoms with Gasteiger partial charge in [0.15, 0.2) is 54.7 Å². The second-order valence-corrected chi connectivity index (χ2v) is 34.4. The molecule has 0 saturated carbocycles. The lowest BCUT2D eigenvalue weighted by molar-refractivity contribution is -0.936. The molecule has 4 aromatic carbocycles. The Balaban J connectivity index is -0.000000349. The van der Waals surface area contributed by atoms with Gasteiger partial charge in [-0.2, -0.15) is 26.3 Å². The molecule has 0 aliphatic heterocycles. The topological polar surface area (TPSA) is 369 Å². The predicted octanol–water partition coefficient (Wildman–Crippen LogP) is 4.21. The van der Waals surface area contributed by atoms with Crippen molar-refractivity contribution in [2.45, 2.75) is 165 Å². The monoisotopic (exact) mass is 2180 g/mol. The molecule has 0 unspecified atom stereocenters. The quantitative estimate of drug-likeness (QED) is 0.00534. The minimum atomic E-state index is -5.19. The number of hydrogen-bond donors (Lipinski definition) is 7. The van der Waals surface area contributed by atoms with E-state index in [1.807, 2.05) is 36.7 Å². The number of rotatable bonds is 47. The lowest BCUT2D eigenvalue weighted by atomic mass is 10.1. The Kier molecular flexibility index (Phi) is 82.1. The van der Waals surface area contributed by atoms with E-state index in [9.17, 15) is 50.3 Å². The summed E-state index contributed by atoms with van der Waals surface area (Å²) in [7, 11) is 13.3. The molecule has 766 valence electrons. The fourth-order valence-corrected chi connectivity index (χ4v) is 16.1. The van der Waals surface area contributed by atoms with Crippen LogP contribution < -0.4 is 92.8 Å². The van der Waals surface area contributed by atoms with E-state index in [1.165, 1.54) is 113 Å². The Morgan fingerprint density at radius 3 is 1.21 bits per heavy atom. The predicted molar refractivity (Wildman–Crippen MR) is 497 cm³/mol. The summed E-state index contributed by atoms with van der Waals surface area (Å²) in [6, 6.07) is 54.4. The number of alkyl halides is 6. The molecule has 3 heterocycles. The van der Waals surface area contributed by atoms with Crippen LogP contribution in [0.25, 0.3) is 0 Å². The summed E-state index contributed by atoms with van der Waals surface area (Å²) in [5.41, 5.74) is 4.32. The summed E-state index contributed by atoms with van der Waals surface area (Å²) < 4.78 is 106. The maximum atomic E-state index is 10.9. The number of carbonyl (C=O) groups is 7. The van der Waals surface area contributed by atoms with Gasteiger partial charge in [-0.25, -0.2) is 28.5 Å². The van der Waals surface area contributed by atoms with Crippen LogP contribution in [0.2, 0.25) is 0 Å². The lowest BCUT2D eigenvalue weighted by Crippen LogP contribution is -3.00. The van der Waals surface area contributed by atoms with E-state index in [0.29, 0.717) is 39.5 Å². The van der Waals surface area contributed by atoms with E-state index < -0.39 is 67.3 Å². The van der Waals surface area contributed by atoms with E-state index in [1.54, 1.807) is 28.4 Å². The van der Waals surface area contributed by atoms with Crippen molar-refractivity contribution in [3.05, 3.63) is 210 Å². The van der Waals surface area contributed by atoms with Crippen molar-refractivity contribution in [3.8, 4) is 5.75 Å². The molecule has 0 spiro atoms. The van der Waals surface area contributed by atoms with Gasteiger partial charge in [-0.15, -0.1) is 0 Å². The first-order valence-corrected chi connectivity index (χ1v) is 46.1. The molecule has 0 amide bonds. The fourth-order valence-electron chi connectivity index (χ4n) is 12.0. The van der Waals surface area contributed by atoms with Crippen molar-refractivity contribution in [1.82, 2.24) is 4.98 Å². The van der Waals surface area contributed by atoms with Crippen LogP contribution in [0, 0.1) is 5.92 Å². The van der Waals surface area contributed by atoms with Crippen LogP contribution in [-0.2, 0) is 91.5 Å². The number of methoxy groups -OCH3 is 5. The minimum Gasteiger partial charge on any atom is -1.00 e. The number of carboxylic acids is 7. The number of aliphatic hydroxyl groups is 1. The third-order valence-electron chi connectivity index (χ3n) is 20.8. The number of unbranched alkanes of at least 4 members (excludes halogenated alkanes) is 2. The van der Waals surface area contributed by atoms with Gasteiger partial charge in [0, 0.05) is 123 Å². The zero-order valence-corrected chi connectivity index (χ0v) is 87.8. The van der Waals surface area contributed by atoms with Gasteiger partial charge in [0.1, 0.15) is 41.4 Å². The van der Waals surface area contributed by atoms with Crippen molar-refractivity contribution in [2.24, 2.45) is 5.92 Å². The summed E-state index contributed by atoms with van der Waals surface area (Å²) >= 11 is 0. The van der Waals surface area contributed by atoms with Crippen LogP contribution in [-0.4, -0.2) is 276 Å². The molecule has 0 aliphatic carbocycles. The molecule has 7 N–H and O–H groups in total. The SMILES string of the molecule is CC[N+](C)(C)C.CC[N+](CC)(CC)CC.CC[N+](CC)(CC)Cc1ccc(COC)cc1.CC[P+](c1ccccc1)(c1ccccc1)c1ccccc1.COCCCCCOc1cc(C(=O)O)nc(C(=O)O)c1.COCCC[n+]1ccc(CCC(=O)O)cc1.COCCC[n+]1ccccc1CCCO.COCCOCCC(C(=O)O)C(=O)O.O=C(O)C(F)(F)F.O=C([O-])C(F)(F)F.[Br-].[Br-].[I-]. The van der Waals surface area contributed by atoms with Gasteiger partial charge in [0.25, 0.3) is 0 Å². The zero-order valence-electron chi connectivity index (χ0n) is 81.5. The molecule has 38 heteroatoms. The third kappa shape index (κ3) is 63.8. The van der Waals surface area contributed by atoms with E-state index in [2.05, 4.69) is 230 Å². The Hall–Kier alpha value is -8.28. The van der Waals surface area contributed by atoms with Crippen molar-refractivity contribution < 1.29 is 214 Å². The highest BCUT2D eigenvalue weighted by Crippen LogP contribution is 2.54. The number of ether oxygens (including phenoxy) is 7. The number of halogens is 9. The summed E-state index contributed by atoms with van der Waals surface area (Å²) in [4.78, 5) is 74.1. The molecule has 0 radical (unpaired) electrons. The van der Waals surface area contributed by atoms with Crippen LogP contribution in [0.1, 0.15) is 157 Å². The zero-order chi connectivity index (χ0) is 101. The first kappa shape index (κ1) is 137. The normalized spacial score (nSPS) is 10.7. The number of nitrogens with zero attached hydrogens (tertiary/aromatic N) is 6. The number of aliphatic hydroxyl groups excluding tert-OH is 1. The number of pyridine rings is 3. The number of aromatic carboxylic acids is 2. The van der Waals surface area contributed by atoms with Gasteiger partial charge in [0.2, 0.25) is 0 Å². The van der Waals surface area contributed by atoms with Gasteiger partial charge in [-0.3, -0.25) is 14.4 Å². The van der Waals surface area contributed by atoms with Crippen LogP contribution in [0.4, 0.5) is 26.3 Å². The molecular weight excluding hydrogens is 2030 g/mol. The van der Waals surface area contributed by atoms with Crippen LogP contribution in [0.15, 0.2) is 176 Å². The number of carboxylic acid groups (broad SMARTS) is 7. The van der Waals surface area contributed by atoms with Crippen molar-refractivity contribution in [1.29, 1.82) is 0 Å². The van der Waals surface area contributed by atoms with Gasteiger partial charge >= 0.3 is 48.2 Å². The molecule has 28 nitrogen and oxygen atoms in total. The molecule has 0 atom stereocenters. The number of quaternary nitrogens is 3. The largest absolute Gasteiger partial charge is 1.00 e. The number of benzene rings is 4. The van der Waals surface area contributed by atoms with Crippen molar-refractivity contribution in [3.63, 3.8) is 0 Å². The average molecular weight is 2180 g/mol. The molecule has 7 aromatic rings. The maximum absolute atomic E-state index is 10.9. The first-order chi connectivity index (χ1) is 62.5. The minimum absolute atomic E-state index is 0. The van der Waals surface area contributed by atoms with E-state index in [4.69, 9.17) is 78.9 Å². The molecule has 7 rings (SSSR count). The van der Waals surface area contributed by atoms with Gasteiger partial charge in [0.05, 0.1) is 119 Å². The van der Waals surface area contributed by atoms with Crippen molar-refractivity contribution >= 4 is 65.0 Å². The average Bonchev–Trinajstić information content (AvgIpc) is 0.759. The number of hydrogen-bond acceptors (Lipinski definition) is 17. The number of aliphatic carboxylic acids is 5. The molecule has 0 aliphatic rings. The van der Waals surface area contributed by atoms with Crippen LogP contribution >= 0.6 is 7.26 Å². The number of carbonyl (C=O) groups excluding carboxylic acids is 1. The molecule has 0 saturated heterocycles. The molecule has 0 fully saturated rings.